The molecular formula is C33H68S2. The van der Waals surface area contributed by atoms with Gasteiger partial charge in [-0.2, -0.15) is 23.5 Å². The van der Waals surface area contributed by atoms with Gasteiger partial charge in [0, 0.05) is 5.08 Å². The van der Waals surface area contributed by atoms with Crippen molar-refractivity contribution in [1.82, 2.24) is 0 Å². The highest BCUT2D eigenvalue weighted by Gasteiger charge is 1.97. The average molecular weight is 529 g/mol. The van der Waals surface area contributed by atoms with Crippen molar-refractivity contribution in [3.63, 3.8) is 0 Å². The SMILES string of the molecule is CCCCCCCCCCCCCCCCSCSCCCCCCCCCCCCCCCC. The minimum absolute atomic E-state index is 1.33. The minimum Gasteiger partial charge on any atom is -0.151 e. The monoisotopic (exact) mass is 528 g/mol. The lowest BCUT2D eigenvalue weighted by Gasteiger charge is -2.04. The summed E-state index contributed by atoms with van der Waals surface area (Å²) >= 11 is 4.37. The highest BCUT2D eigenvalue weighted by Crippen LogP contribution is 2.18. The molecule has 0 saturated heterocycles. The number of thioether (sulfide) groups is 2. The Morgan fingerprint density at radius 3 is 0.686 bits per heavy atom. The second kappa shape index (κ2) is 34.7. The van der Waals surface area contributed by atoms with E-state index in [1.54, 1.807) is 0 Å². The van der Waals surface area contributed by atoms with E-state index in [0.717, 1.165) is 0 Å². The molecule has 0 nitrogen and oxygen atoms in total. The van der Waals surface area contributed by atoms with E-state index in [-0.39, 0.29) is 0 Å². The van der Waals surface area contributed by atoms with E-state index < -0.39 is 0 Å². The Balaban J connectivity index is 3.00. The lowest BCUT2D eigenvalue weighted by molar-refractivity contribution is 0.538. The van der Waals surface area contributed by atoms with Gasteiger partial charge >= 0.3 is 0 Å². The van der Waals surface area contributed by atoms with Crippen LogP contribution >= 0.6 is 23.5 Å². The third-order valence-electron chi connectivity index (χ3n) is 7.45. The Morgan fingerprint density at radius 2 is 0.457 bits per heavy atom. The number of hydrogen-bond acceptors (Lipinski definition) is 2. The van der Waals surface area contributed by atoms with Crippen LogP contribution in [0.2, 0.25) is 0 Å². The normalized spacial score (nSPS) is 11.5. The van der Waals surface area contributed by atoms with Crippen molar-refractivity contribution >= 4 is 23.5 Å². The Bertz CT molecular complexity index is 312. The number of rotatable bonds is 32. The standard InChI is InChI=1S/C33H68S2/c1-3-5-7-9-11-13-15-17-19-21-23-25-27-29-31-34-33-35-32-30-28-26-24-22-20-18-16-14-12-10-8-6-4-2/h3-33H2,1-2H3. The molecule has 35 heavy (non-hydrogen) atoms. The van der Waals surface area contributed by atoms with Crippen LogP contribution in [0.5, 0.6) is 0 Å². The molecule has 0 aliphatic carbocycles. The molecule has 0 atom stereocenters. The summed E-state index contributed by atoms with van der Waals surface area (Å²) < 4.78 is 0. The summed E-state index contributed by atoms with van der Waals surface area (Å²) in [6, 6.07) is 0. The van der Waals surface area contributed by atoms with Gasteiger partial charge in [0.05, 0.1) is 0 Å². The Morgan fingerprint density at radius 1 is 0.257 bits per heavy atom. The van der Waals surface area contributed by atoms with Gasteiger partial charge in [0.15, 0.2) is 0 Å². The number of unbranched alkanes of at least 4 members (excludes halogenated alkanes) is 26. The molecule has 0 spiro atoms. The van der Waals surface area contributed by atoms with Crippen LogP contribution in [-0.2, 0) is 0 Å². The van der Waals surface area contributed by atoms with Crippen LogP contribution in [-0.4, -0.2) is 16.6 Å². The lowest BCUT2D eigenvalue weighted by Crippen LogP contribution is -1.86. The summed E-state index contributed by atoms with van der Waals surface area (Å²) in [4.78, 5) is 0. The Hall–Kier alpha value is 0.700. The van der Waals surface area contributed by atoms with Crippen molar-refractivity contribution in [3.05, 3.63) is 0 Å². The van der Waals surface area contributed by atoms with E-state index >= 15 is 0 Å². The summed E-state index contributed by atoms with van der Waals surface area (Å²) in [5.74, 6) is 2.79. The molecule has 0 saturated carbocycles. The maximum Gasteiger partial charge on any atom is 0.0392 e. The highest BCUT2D eigenvalue weighted by atomic mass is 32.2. The maximum absolute atomic E-state index is 2.31. The second-order valence-corrected chi connectivity index (χ2v) is 13.7. The Labute approximate surface area is 233 Å². The van der Waals surface area contributed by atoms with E-state index in [9.17, 15) is 0 Å². The fourth-order valence-corrected chi connectivity index (χ4v) is 7.20. The Kier molecular flexibility index (Phi) is 35.4. The third kappa shape index (κ3) is 34.7. The summed E-state index contributed by atoms with van der Waals surface area (Å²) in [6.07, 6.45) is 41.1. The minimum atomic E-state index is 1.33. The zero-order chi connectivity index (χ0) is 25.3. The van der Waals surface area contributed by atoms with Gasteiger partial charge in [-0.1, -0.05) is 181 Å². The van der Waals surface area contributed by atoms with E-state index in [2.05, 4.69) is 37.4 Å². The van der Waals surface area contributed by atoms with Gasteiger partial charge < -0.3 is 0 Å². The van der Waals surface area contributed by atoms with Gasteiger partial charge in [0.2, 0.25) is 0 Å². The van der Waals surface area contributed by atoms with Crippen molar-refractivity contribution < 1.29 is 0 Å². The first-order chi connectivity index (χ1) is 17.4. The maximum atomic E-state index is 2.31. The van der Waals surface area contributed by atoms with Crippen LogP contribution in [0.1, 0.15) is 194 Å². The molecule has 212 valence electrons. The van der Waals surface area contributed by atoms with Crippen molar-refractivity contribution in [2.75, 3.05) is 16.6 Å². The first-order valence-electron chi connectivity index (χ1n) is 16.6. The highest BCUT2D eigenvalue weighted by molar-refractivity contribution is 8.15. The van der Waals surface area contributed by atoms with E-state index in [1.165, 1.54) is 196 Å². The molecule has 0 fully saturated rings. The first kappa shape index (κ1) is 35.7. The van der Waals surface area contributed by atoms with Gasteiger partial charge in [0.1, 0.15) is 0 Å². The van der Waals surface area contributed by atoms with Crippen LogP contribution in [0.3, 0.4) is 0 Å². The molecular weight excluding hydrogens is 460 g/mol. The molecule has 0 heterocycles. The molecule has 0 amide bonds. The zero-order valence-corrected chi connectivity index (χ0v) is 26.4. The molecule has 0 bridgehead atoms. The van der Waals surface area contributed by atoms with Crippen LogP contribution < -0.4 is 0 Å². The zero-order valence-electron chi connectivity index (χ0n) is 24.7. The van der Waals surface area contributed by atoms with Crippen LogP contribution in [0, 0.1) is 0 Å². The summed E-state index contributed by atoms with van der Waals surface area (Å²) in [5, 5.41) is 1.33. The number of hydrogen-bond donors (Lipinski definition) is 0. The molecule has 0 aromatic rings. The average Bonchev–Trinajstić information content (AvgIpc) is 2.87. The largest absolute Gasteiger partial charge is 0.151 e. The third-order valence-corrected chi connectivity index (χ3v) is 9.94. The van der Waals surface area contributed by atoms with Crippen molar-refractivity contribution in [2.45, 2.75) is 194 Å². The molecule has 0 rings (SSSR count). The molecule has 0 radical (unpaired) electrons. The summed E-state index contributed by atoms with van der Waals surface area (Å²) in [6.45, 7) is 4.61. The van der Waals surface area contributed by atoms with Crippen LogP contribution in [0.25, 0.3) is 0 Å². The molecule has 2 heteroatoms. The molecule has 0 aromatic heterocycles. The second-order valence-electron chi connectivity index (χ2n) is 11.1. The van der Waals surface area contributed by atoms with Gasteiger partial charge in [-0.25, -0.2) is 0 Å². The van der Waals surface area contributed by atoms with Gasteiger partial charge in [-0.05, 0) is 24.3 Å². The molecule has 0 aliphatic heterocycles. The van der Waals surface area contributed by atoms with E-state index in [4.69, 9.17) is 0 Å². The topological polar surface area (TPSA) is 0 Å². The quantitative estimate of drug-likeness (QED) is 0.0628. The van der Waals surface area contributed by atoms with Crippen LogP contribution in [0.15, 0.2) is 0 Å². The van der Waals surface area contributed by atoms with Gasteiger partial charge in [0.25, 0.3) is 0 Å². The van der Waals surface area contributed by atoms with Crippen molar-refractivity contribution in [2.24, 2.45) is 0 Å². The molecule has 0 unspecified atom stereocenters. The first-order valence-corrected chi connectivity index (χ1v) is 18.9. The van der Waals surface area contributed by atoms with Gasteiger partial charge in [-0.15, -0.1) is 0 Å². The van der Waals surface area contributed by atoms with E-state index in [1.807, 2.05) is 0 Å². The predicted molar refractivity (Wildman–Crippen MR) is 170 cm³/mol. The fraction of sp³-hybridized carbons (Fsp3) is 1.00. The fourth-order valence-electron chi connectivity index (χ4n) is 4.97. The lowest BCUT2D eigenvalue weighted by atomic mass is 10.0. The predicted octanol–water partition coefficient (Wildman–Crippen LogP) is 13.4. The van der Waals surface area contributed by atoms with Crippen molar-refractivity contribution in [1.29, 1.82) is 0 Å². The van der Waals surface area contributed by atoms with Crippen molar-refractivity contribution in [3.8, 4) is 0 Å². The van der Waals surface area contributed by atoms with Crippen LogP contribution in [0.4, 0.5) is 0 Å². The molecule has 0 aromatic carbocycles. The van der Waals surface area contributed by atoms with Gasteiger partial charge in [-0.3, -0.25) is 0 Å². The summed E-state index contributed by atoms with van der Waals surface area (Å²) in [5.41, 5.74) is 0. The molecule has 0 N–H and O–H groups in total. The smallest absolute Gasteiger partial charge is 0.0392 e. The van der Waals surface area contributed by atoms with E-state index in [0.29, 0.717) is 0 Å². The molecule has 0 aliphatic rings. The summed E-state index contributed by atoms with van der Waals surface area (Å²) in [7, 11) is 0.